The maximum Gasteiger partial charge on any atom is 0.341 e. The number of carbonyl (C=O) groups is 2. The van der Waals surface area contributed by atoms with Crippen LogP contribution in [0.5, 0.6) is 5.75 Å². The number of nitrogens with zero attached hydrogens (tertiary/aromatic N) is 1. The van der Waals surface area contributed by atoms with Gasteiger partial charge in [0.1, 0.15) is 17.4 Å². The van der Waals surface area contributed by atoms with Crippen molar-refractivity contribution in [3.8, 4) is 11.8 Å². The van der Waals surface area contributed by atoms with Gasteiger partial charge >= 0.3 is 5.97 Å². The number of anilines is 1. The Hall–Kier alpha value is -3.01. The largest absolute Gasteiger partial charge is 0.481 e. The lowest BCUT2D eigenvalue weighted by molar-refractivity contribution is -0.139. The van der Waals surface area contributed by atoms with Crippen LogP contribution in [0.4, 0.5) is 5.69 Å². The highest BCUT2D eigenvalue weighted by Gasteiger charge is 2.15. The average molecular weight is 391 g/mol. The van der Waals surface area contributed by atoms with E-state index in [1.807, 2.05) is 0 Å². The van der Waals surface area contributed by atoms with Gasteiger partial charge in [-0.25, -0.2) is 4.79 Å². The smallest absolute Gasteiger partial charge is 0.341 e. The second-order valence-corrected chi connectivity index (χ2v) is 5.76. The highest BCUT2D eigenvalue weighted by Crippen LogP contribution is 2.30. The highest BCUT2D eigenvalue weighted by molar-refractivity contribution is 6.40. The maximum absolute atomic E-state index is 12.4. The van der Waals surface area contributed by atoms with Crippen molar-refractivity contribution in [2.75, 3.05) is 11.9 Å². The fraction of sp³-hybridized carbons (Fsp3) is 0.0556. The number of benzene rings is 2. The number of carboxylic acid groups (broad SMARTS) is 1. The number of rotatable bonds is 6. The SMILES string of the molecule is N#C/C(=C\c1ccccc1OCC(=O)O)C(=O)Nc1c(Cl)cccc1Cl. The van der Waals surface area contributed by atoms with Crippen LogP contribution in [0.2, 0.25) is 10.0 Å². The van der Waals surface area contributed by atoms with E-state index in [2.05, 4.69) is 5.32 Å². The summed E-state index contributed by atoms with van der Waals surface area (Å²) in [5.41, 5.74) is 0.343. The molecule has 0 aliphatic carbocycles. The molecule has 0 aliphatic rings. The predicted molar refractivity (Wildman–Crippen MR) is 98.3 cm³/mol. The summed E-state index contributed by atoms with van der Waals surface area (Å²) in [7, 11) is 0. The number of hydrogen-bond donors (Lipinski definition) is 2. The first-order chi connectivity index (χ1) is 12.4. The van der Waals surface area contributed by atoms with Crippen LogP contribution in [-0.4, -0.2) is 23.6 Å². The predicted octanol–water partition coefficient (Wildman–Crippen LogP) is 4.00. The maximum atomic E-state index is 12.4. The van der Waals surface area contributed by atoms with E-state index >= 15 is 0 Å². The Labute approximate surface area is 159 Å². The number of amides is 1. The van der Waals surface area contributed by atoms with E-state index in [1.165, 1.54) is 12.1 Å². The van der Waals surface area contributed by atoms with E-state index in [4.69, 9.17) is 33.0 Å². The van der Waals surface area contributed by atoms with Crippen molar-refractivity contribution >= 4 is 46.8 Å². The zero-order valence-electron chi connectivity index (χ0n) is 13.2. The van der Waals surface area contributed by atoms with Crippen molar-refractivity contribution < 1.29 is 19.4 Å². The molecule has 0 saturated carbocycles. The molecule has 2 aromatic rings. The highest BCUT2D eigenvalue weighted by atomic mass is 35.5. The fourth-order valence-corrected chi connectivity index (χ4v) is 2.46. The van der Waals surface area contributed by atoms with E-state index in [1.54, 1.807) is 42.5 Å². The van der Waals surface area contributed by atoms with Crippen molar-refractivity contribution in [3.05, 3.63) is 63.6 Å². The van der Waals surface area contributed by atoms with Crippen LogP contribution in [0.1, 0.15) is 5.56 Å². The van der Waals surface area contributed by atoms with Gasteiger partial charge in [0, 0.05) is 5.56 Å². The molecule has 26 heavy (non-hydrogen) atoms. The molecule has 0 aromatic heterocycles. The third-order valence-corrected chi connectivity index (χ3v) is 3.77. The number of para-hydroxylation sites is 2. The lowest BCUT2D eigenvalue weighted by atomic mass is 10.1. The van der Waals surface area contributed by atoms with Gasteiger partial charge in [0.25, 0.3) is 5.91 Å². The average Bonchev–Trinajstić information content (AvgIpc) is 2.61. The summed E-state index contributed by atoms with van der Waals surface area (Å²) in [5, 5.41) is 21.0. The van der Waals surface area contributed by atoms with Gasteiger partial charge in [-0.1, -0.05) is 47.5 Å². The van der Waals surface area contributed by atoms with Gasteiger partial charge in [0.15, 0.2) is 6.61 Å². The lowest BCUT2D eigenvalue weighted by Gasteiger charge is -2.09. The third-order valence-electron chi connectivity index (χ3n) is 3.14. The monoisotopic (exact) mass is 390 g/mol. The van der Waals surface area contributed by atoms with E-state index in [0.717, 1.165) is 0 Å². The molecule has 0 atom stereocenters. The zero-order chi connectivity index (χ0) is 19.1. The first-order valence-corrected chi connectivity index (χ1v) is 7.98. The van der Waals surface area contributed by atoms with Gasteiger partial charge in [-0.15, -0.1) is 0 Å². The van der Waals surface area contributed by atoms with Gasteiger partial charge in [0.05, 0.1) is 15.7 Å². The molecule has 0 radical (unpaired) electrons. The van der Waals surface area contributed by atoms with Gasteiger partial charge in [0.2, 0.25) is 0 Å². The molecule has 0 heterocycles. The Balaban J connectivity index is 2.29. The number of ether oxygens (including phenoxy) is 1. The van der Waals surface area contributed by atoms with E-state index < -0.39 is 18.5 Å². The third kappa shape index (κ3) is 4.99. The molecule has 0 spiro atoms. The Morgan fingerprint density at radius 1 is 1.15 bits per heavy atom. The fourth-order valence-electron chi connectivity index (χ4n) is 1.97. The second kappa shape index (κ2) is 8.90. The van der Waals surface area contributed by atoms with Crippen molar-refractivity contribution in [2.24, 2.45) is 0 Å². The Morgan fingerprint density at radius 2 is 1.81 bits per heavy atom. The van der Waals surface area contributed by atoms with E-state index in [-0.39, 0.29) is 27.1 Å². The Kier molecular flexibility index (Phi) is 6.61. The number of aliphatic carboxylic acids is 1. The number of carbonyl (C=O) groups excluding carboxylic acids is 1. The minimum atomic E-state index is -1.14. The van der Waals surface area contributed by atoms with E-state index in [0.29, 0.717) is 5.56 Å². The molecule has 2 N–H and O–H groups in total. The molecular formula is C18H12Cl2N2O4. The number of carboxylic acids is 1. The molecule has 1 amide bonds. The van der Waals surface area contributed by atoms with Gasteiger partial charge in [-0.05, 0) is 24.3 Å². The van der Waals surface area contributed by atoms with Crippen LogP contribution in [-0.2, 0) is 9.59 Å². The summed E-state index contributed by atoms with van der Waals surface area (Å²) in [6.45, 7) is -0.547. The topological polar surface area (TPSA) is 99.4 Å². The van der Waals surface area contributed by atoms with Crippen LogP contribution >= 0.6 is 23.2 Å². The van der Waals surface area contributed by atoms with Crippen molar-refractivity contribution in [1.82, 2.24) is 0 Å². The summed E-state index contributed by atoms with van der Waals surface area (Å²) in [4.78, 5) is 23.0. The summed E-state index contributed by atoms with van der Waals surface area (Å²) in [6.07, 6.45) is 1.29. The van der Waals surface area contributed by atoms with Gasteiger partial charge in [-0.2, -0.15) is 5.26 Å². The summed E-state index contributed by atoms with van der Waals surface area (Å²) in [6, 6.07) is 12.9. The van der Waals surface area contributed by atoms with Crippen molar-refractivity contribution in [1.29, 1.82) is 5.26 Å². The number of halogens is 2. The van der Waals surface area contributed by atoms with Crippen LogP contribution in [0.15, 0.2) is 48.0 Å². The molecule has 8 heteroatoms. The first-order valence-electron chi connectivity index (χ1n) is 7.23. The minimum absolute atomic E-state index is 0.192. The van der Waals surface area contributed by atoms with Gasteiger partial charge < -0.3 is 15.2 Å². The first kappa shape index (κ1) is 19.3. The Bertz CT molecular complexity index is 899. The number of nitriles is 1. The zero-order valence-corrected chi connectivity index (χ0v) is 14.7. The van der Waals surface area contributed by atoms with E-state index in [9.17, 15) is 14.9 Å². The number of hydrogen-bond acceptors (Lipinski definition) is 4. The number of nitrogens with one attached hydrogen (secondary N) is 1. The molecule has 0 aliphatic heterocycles. The van der Waals surface area contributed by atoms with Crippen molar-refractivity contribution in [3.63, 3.8) is 0 Å². The van der Waals surface area contributed by atoms with Crippen LogP contribution in [0.3, 0.4) is 0 Å². The van der Waals surface area contributed by atoms with Crippen LogP contribution < -0.4 is 10.1 Å². The standard InChI is InChI=1S/C18H12Cl2N2O4/c19-13-5-3-6-14(20)17(13)22-18(25)12(9-21)8-11-4-1-2-7-15(11)26-10-16(23)24/h1-8H,10H2,(H,22,25)(H,23,24)/b12-8+. The summed E-state index contributed by atoms with van der Waals surface area (Å²) in [5.74, 6) is -1.63. The molecular weight excluding hydrogens is 379 g/mol. The lowest BCUT2D eigenvalue weighted by Crippen LogP contribution is -2.14. The van der Waals surface area contributed by atoms with Crippen molar-refractivity contribution in [2.45, 2.75) is 0 Å². The Morgan fingerprint density at radius 3 is 2.42 bits per heavy atom. The summed E-state index contributed by atoms with van der Waals surface area (Å²) >= 11 is 12.0. The van der Waals surface area contributed by atoms with Crippen LogP contribution in [0, 0.1) is 11.3 Å². The summed E-state index contributed by atoms with van der Waals surface area (Å²) < 4.78 is 5.15. The molecule has 0 saturated heterocycles. The molecule has 2 rings (SSSR count). The van der Waals surface area contributed by atoms with Gasteiger partial charge in [-0.3, -0.25) is 4.79 Å². The second-order valence-electron chi connectivity index (χ2n) is 4.94. The quantitative estimate of drug-likeness (QED) is 0.573. The molecule has 6 nitrogen and oxygen atoms in total. The molecule has 0 unspecified atom stereocenters. The normalized spacial score (nSPS) is 10.7. The molecule has 132 valence electrons. The minimum Gasteiger partial charge on any atom is -0.481 e. The molecule has 2 aromatic carbocycles. The molecule has 0 bridgehead atoms. The van der Waals surface area contributed by atoms with Crippen LogP contribution in [0.25, 0.3) is 6.08 Å². The molecule has 0 fully saturated rings.